The quantitative estimate of drug-likeness (QED) is 0.730. The first-order chi connectivity index (χ1) is 8.58. The lowest BCUT2D eigenvalue weighted by Gasteiger charge is -2.30. The molecule has 1 aromatic heterocycles. The molecule has 2 fully saturated rings. The molecular formula is C12H15N3O2S. The van der Waals surface area contributed by atoms with Gasteiger partial charge in [-0.05, 0) is 25.7 Å². The zero-order valence-corrected chi connectivity index (χ0v) is 11.2. The summed E-state index contributed by atoms with van der Waals surface area (Å²) in [6.45, 7) is 4.73. The number of carbonyl (C=O) groups excluding carboxylic acids is 2. The first-order valence-corrected chi connectivity index (χ1v) is 6.96. The van der Waals surface area contributed by atoms with Crippen molar-refractivity contribution in [1.82, 2.24) is 9.88 Å². The van der Waals surface area contributed by atoms with Crippen molar-refractivity contribution in [3.63, 3.8) is 0 Å². The number of aromatic nitrogens is 1. The zero-order chi connectivity index (χ0) is 12.9. The minimum atomic E-state index is -0.273. The van der Waals surface area contributed by atoms with Crippen molar-refractivity contribution in [3.05, 3.63) is 11.1 Å². The van der Waals surface area contributed by atoms with Crippen molar-refractivity contribution in [2.45, 2.75) is 32.7 Å². The van der Waals surface area contributed by atoms with Crippen molar-refractivity contribution < 1.29 is 9.59 Å². The van der Waals surface area contributed by atoms with Gasteiger partial charge in [-0.3, -0.25) is 4.79 Å². The Morgan fingerprint density at radius 1 is 1.44 bits per heavy atom. The topological polar surface area (TPSA) is 53.5 Å². The number of fused-ring (bicyclic) bond motifs is 1. The highest BCUT2D eigenvalue weighted by atomic mass is 32.1. The molecule has 6 heteroatoms. The van der Waals surface area contributed by atoms with Crippen molar-refractivity contribution >= 4 is 28.4 Å². The molecule has 3 amide bonds. The summed E-state index contributed by atoms with van der Waals surface area (Å²) < 4.78 is 0. The molecule has 0 radical (unpaired) electrons. The predicted octanol–water partition coefficient (Wildman–Crippen LogP) is 2.02. The number of urea groups is 1. The largest absolute Gasteiger partial charge is 0.333 e. The number of thiazole rings is 1. The van der Waals surface area contributed by atoms with E-state index in [2.05, 4.69) is 11.9 Å². The number of anilines is 1. The van der Waals surface area contributed by atoms with Gasteiger partial charge in [-0.2, -0.15) is 0 Å². The molecule has 3 heterocycles. The first-order valence-electron chi connectivity index (χ1n) is 6.15. The van der Waals surface area contributed by atoms with Crippen LogP contribution in [-0.4, -0.2) is 34.4 Å². The molecule has 2 saturated heterocycles. The van der Waals surface area contributed by atoms with Crippen LogP contribution in [-0.2, 0) is 4.79 Å². The molecule has 0 aliphatic carbocycles. The third-order valence-electron chi connectivity index (χ3n) is 3.61. The number of aryl methyl sites for hydroxylation is 1. The smallest absolute Gasteiger partial charge is 0.312 e. The SMILES string of the molecule is Cc1cnc(N2C(=O)[C@H]3C[C@@H](C)CCN3C2=O)s1. The summed E-state index contributed by atoms with van der Waals surface area (Å²) in [6.07, 6.45) is 3.44. The van der Waals surface area contributed by atoms with Crippen LogP contribution in [0.3, 0.4) is 0 Å². The summed E-state index contributed by atoms with van der Waals surface area (Å²) in [5, 5.41) is 0.504. The van der Waals surface area contributed by atoms with Crippen LogP contribution in [0, 0.1) is 12.8 Å². The van der Waals surface area contributed by atoms with Gasteiger partial charge in [-0.15, -0.1) is 11.3 Å². The maximum absolute atomic E-state index is 12.3. The summed E-state index contributed by atoms with van der Waals surface area (Å²) in [5.74, 6) is 0.391. The molecule has 2 aliphatic rings. The lowest BCUT2D eigenvalue weighted by Crippen LogP contribution is -2.41. The molecule has 2 atom stereocenters. The molecule has 96 valence electrons. The number of imide groups is 1. The van der Waals surface area contributed by atoms with E-state index in [0.29, 0.717) is 17.6 Å². The minimum absolute atomic E-state index is 0.110. The third-order valence-corrected chi connectivity index (χ3v) is 4.51. The molecule has 0 bridgehead atoms. The van der Waals surface area contributed by atoms with Gasteiger partial charge in [0.15, 0.2) is 0 Å². The Morgan fingerprint density at radius 3 is 2.89 bits per heavy atom. The summed E-state index contributed by atoms with van der Waals surface area (Å²) in [5.41, 5.74) is 0. The second kappa shape index (κ2) is 4.05. The van der Waals surface area contributed by atoms with Crippen molar-refractivity contribution in [2.75, 3.05) is 11.4 Å². The highest BCUT2D eigenvalue weighted by Gasteiger charge is 2.48. The van der Waals surface area contributed by atoms with Crippen molar-refractivity contribution in [1.29, 1.82) is 0 Å². The van der Waals surface area contributed by atoms with Crippen molar-refractivity contribution in [3.8, 4) is 0 Å². The maximum atomic E-state index is 12.3. The molecule has 0 saturated carbocycles. The number of amides is 3. The lowest BCUT2D eigenvalue weighted by atomic mass is 9.93. The van der Waals surface area contributed by atoms with Gasteiger partial charge >= 0.3 is 6.03 Å². The normalized spacial score (nSPS) is 27.9. The first kappa shape index (κ1) is 11.6. The Kier molecular flexibility index (Phi) is 2.62. The van der Waals surface area contributed by atoms with Crippen LogP contribution in [0.2, 0.25) is 0 Å². The van der Waals surface area contributed by atoms with E-state index in [-0.39, 0.29) is 18.0 Å². The monoisotopic (exact) mass is 265 g/mol. The molecule has 0 aromatic carbocycles. The van der Waals surface area contributed by atoms with Crippen LogP contribution in [0.5, 0.6) is 0 Å². The Labute approximate surface area is 109 Å². The maximum Gasteiger partial charge on any atom is 0.333 e. The number of nitrogens with zero attached hydrogens (tertiary/aromatic N) is 3. The summed E-state index contributed by atoms with van der Waals surface area (Å²) in [7, 11) is 0. The molecule has 0 N–H and O–H groups in total. The van der Waals surface area contributed by atoms with Gasteiger partial charge in [-0.1, -0.05) is 6.92 Å². The van der Waals surface area contributed by atoms with Gasteiger partial charge in [0.2, 0.25) is 5.13 Å². The molecular weight excluding hydrogens is 250 g/mol. The molecule has 5 nitrogen and oxygen atoms in total. The van der Waals surface area contributed by atoms with E-state index < -0.39 is 0 Å². The van der Waals surface area contributed by atoms with Crippen LogP contribution in [0.1, 0.15) is 24.6 Å². The highest BCUT2D eigenvalue weighted by Crippen LogP contribution is 2.34. The van der Waals surface area contributed by atoms with E-state index in [1.807, 2.05) is 6.92 Å². The Balaban J connectivity index is 1.93. The molecule has 18 heavy (non-hydrogen) atoms. The van der Waals surface area contributed by atoms with Gasteiger partial charge in [0.05, 0.1) is 0 Å². The van der Waals surface area contributed by atoms with Gasteiger partial charge in [0, 0.05) is 17.6 Å². The molecule has 2 aliphatic heterocycles. The number of rotatable bonds is 1. The van der Waals surface area contributed by atoms with Crippen LogP contribution < -0.4 is 4.90 Å². The standard InChI is InChI=1S/C12H15N3O2S/c1-7-3-4-14-9(5-7)10(16)15(12(14)17)11-13-6-8(2)18-11/h6-7,9H,3-5H2,1-2H3/t7-,9+/m0/s1. The zero-order valence-electron chi connectivity index (χ0n) is 10.4. The van der Waals surface area contributed by atoms with Gasteiger partial charge in [0.25, 0.3) is 5.91 Å². The fourth-order valence-corrected chi connectivity index (χ4v) is 3.36. The highest BCUT2D eigenvalue weighted by molar-refractivity contribution is 7.15. The summed E-state index contributed by atoms with van der Waals surface area (Å²) in [4.78, 5) is 32.7. The summed E-state index contributed by atoms with van der Waals surface area (Å²) in [6, 6.07) is -0.475. The fourth-order valence-electron chi connectivity index (χ4n) is 2.60. The number of carbonyl (C=O) groups is 2. The average molecular weight is 265 g/mol. The third kappa shape index (κ3) is 1.63. The predicted molar refractivity (Wildman–Crippen MR) is 68.6 cm³/mol. The van der Waals surface area contributed by atoms with Crippen LogP contribution in [0.25, 0.3) is 0 Å². The number of hydrogen-bond donors (Lipinski definition) is 0. The average Bonchev–Trinajstić information content (AvgIpc) is 2.84. The van der Waals surface area contributed by atoms with Crippen molar-refractivity contribution in [2.24, 2.45) is 5.92 Å². The van der Waals surface area contributed by atoms with Gasteiger partial charge in [-0.25, -0.2) is 14.7 Å². The second-order valence-corrected chi connectivity index (χ2v) is 6.26. The Hall–Kier alpha value is -1.43. The summed E-state index contributed by atoms with van der Waals surface area (Å²) >= 11 is 1.39. The molecule has 0 unspecified atom stereocenters. The second-order valence-electron chi connectivity index (χ2n) is 5.05. The fraction of sp³-hybridized carbons (Fsp3) is 0.583. The molecule has 0 spiro atoms. The molecule has 3 rings (SSSR count). The van der Waals surface area contributed by atoms with Gasteiger partial charge in [0.1, 0.15) is 6.04 Å². The Bertz CT molecular complexity index is 513. The Morgan fingerprint density at radius 2 is 2.22 bits per heavy atom. The van der Waals surface area contributed by atoms with Crippen LogP contribution >= 0.6 is 11.3 Å². The van der Waals surface area contributed by atoms with E-state index in [9.17, 15) is 9.59 Å². The van der Waals surface area contributed by atoms with E-state index in [0.717, 1.165) is 17.7 Å². The van der Waals surface area contributed by atoms with Gasteiger partial charge < -0.3 is 4.90 Å². The van der Waals surface area contributed by atoms with Crippen LogP contribution in [0.4, 0.5) is 9.93 Å². The van der Waals surface area contributed by atoms with E-state index in [4.69, 9.17) is 0 Å². The number of hydrogen-bond acceptors (Lipinski definition) is 4. The van der Waals surface area contributed by atoms with E-state index in [1.54, 1.807) is 11.1 Å². The lowest BCUT2D eigenvalue weighted by molar-refractivity contribution is -0.120. The number of piperidine rings is 1. The van der Waals surface area contributed by atoms with Crippen LogP contribution in [0.15, 0.2) is 6.20 Å². The molecule has 1 aromatic rings. The minimum Gasteiger partial charge on any atom is -0.312 e. The van der Waals surface area contributed by atoms with E-state index in [1.165, 1.54) is 16.2 Å². The van der Waals surface area contributed by atoms with E-state index >= 15 is 0 Å².